The molecule has 0 bridgehead atoms. The average molecular weight is 250 g/mol. The van der Waals surface area contributed by atoms with Gasteiger partial charge >= 0.3 is 12.0 Å². The molecular weight excluding hydrogens is 240 g/mol. The molecular formula is C10H10N4O4. The number of carboxylic acid groups (broad SMARTS) is 1. The minimum absolute atomic E-state index is 0.129. The number of carbonyl (C=O) groups excluding carboxylic acids is 2. The summed E-state index contributed by atoms with van der Waals surface area (Å²) in [6, 6.07) is 0.862. The van der Waals surface area contributed by atoms with E-state index in [-0.39, 0.29) is 6.54 Å². The zero-order valence-electron chi connectivity index (χ0n) is 9.16. The third-order valence-electron chi connectivity index (χ3n) is 1.69. The first-order valence-electron chi connectivity index (χ1n) is 4.82. The fraction of sp³-hybridized carbons (Fsp3) is 0.100. The van der Waals surface area contributed by atoms with Crippen molar-refractivity contribution in [3.8, 4) is 0 Å². The number of hydrogen-bond acceptors (Lipinski definition) is 5. The molecule has 1 aromatic rings. The van der Waals surface area contributed by atoms with Crippen LogP contribution in [0.25, 0.3) is 0 Å². The second-order valence-corrected chi connectivity index (χ2v) is 3.04. The van der Waals surface area contributed by atoms with Crippen molar-refractivity contribution in [3.63, 3.8) is 0 Å². The number of amides is 3. The van der Waals surface area contributed by atoms with Crippen LogP contribution in [0.3, 0.4) is 0 Å². The van der Waals surface area contributed by atoms with Gasteiger partial charge in [0.05, 0.1) is 12.2 Å². The maximum Gasteiger partial charge on any atom is 0.328 e. The molecule has 0 radical (unpaired) electrons. The molecule has 3 amide bonds. The maximum absolute atomic E-state index is 11.2. The van der Waals surface area contributed by atoms with Crippen LogP contribution in [0.15, 0.2) is 30.7 Å². The number of nitrogens with zero attached hydrogens (tertiary/aromatic N) is 2. The third-order valence-corrected chi connectivity index (χ3v) is 1.69. The molecule has 0 atom stereocenters. The molecule has 8 heteroatoms. The monoisotopic (exact) mass is 250 g/mol. The van der Waals surface area contributed by atoms with E-state index in [0.29, 0.717) is 11.8 Å². The predicted octanol–water partition coefficient (Wildman–Crippen LogP) is -0.557. The van der Waals surface area contributed by atoms with Crippen molar-refractivity contribution in [1.29, 1.82) is 0 Å². The highest BCUT2D eigenvalue weighted by atomic mass is 16.4. The number of carbonyl (C=O) groups is 3. The van der Waals surface area contributed by atoms with Crippen molar-refractivity contribution in [2.75, 3.05) is 0 Å². The summed E-state index contributed by atoms with van der Waals surface area (Å²) in [6.07, 6.45) is 4.22. The Morgan fingerprint density at radius 2 is 2.11 bits per heavy atom. The smallest absolute Gasteiger partial charge is 0.328 e. The molecule has 0 aromatic carbocycles. The lowest BCUT2D eigenvalue weighted by atomic mass is 10.4. The summed E-state index contributed by atoms with van der Waals surface area (Å²) >= 11 is 0. The zero-order valence-corrected chi connectivity index (χ0v) is 9.16. The SMILES string of the molecule is O=C(O)/C=C/C(=O)NC(=O)NCc1ccncn1. The molecule has 0 fully saturated rings. The minimum atomic E-state index is -1.27. The topological polar surface area (TPSA) is 121 Å². The number of urea groups is 1. The number of carboxylic acids is 1. The summed E-state index contributed by atoms with van der Waals surface area (Å²) in [6.45, 7) is 0.129. The quantitative estimate of drug-likeness (QED) is 0.616. The zero-order chi connectivity index (χ0) is 13.4. The lowest BCUT2D eigenvalue weighted by Gasteiger charge is -2.03. The van der Waals surface area contributed by atoms with Crippen LogP contribution in [0, 0.1) is 0 Å². The van der Waals surface area contributed by atoms with Gasteiger partial charge in [0.25, 0.3) is 5.91 Å². The summed E-state index contributed by atoms with van der Waals surface area (Å²) in [4.78, 5) is 39.9. The molecule has 0 aliphatic heterocycles. The van der Waals surface area contributed by atoms with Crippen molar-refractivity contribution in [2.45, 2.75) is 6.54 Å². The minimum Gasteiger partial charge on any atom is -0.478 e. The molecule has 0 saturated carbocycles. The van der Waals surface area contributed by atoms with E-state index in [1.807, 2.05) is 5.32 Å². The normalized spacial score (nSPS) is 10.0. The van der Waals surface area contributed by atoms with E-state index in [1.165, 1.54) is 12.5 Å². The van der Waals surface area contributed by atoms with Gasteiger partial charge in [0.1, 0.15) is 6.33 Å². The Hall–Kier alpha value is -2.77. The summed E-state index contributed by atoms with van der Waals surface area (Å²) in [5.74, 6) is -2.09. The Bertz CT molecular complexity index is 472. The Morgan fingerprint density at radius 1 is 1.33 bits per heavy atom. The van der Waals surface area contributed by atoms with Gasteiger partial charge in [-0.15, -0.1) is 0 Å². The number of hydrogen-bond donors (Lipinski definition) is 3. The van der Waals surface area contributed by atoms with Gasteiger partial charge in [0.2, 0.25) is 0 Å². The van der Waals surface area contributed by atoms with E-state index in [9.17, 15) is 14.4 Å². The van der Waals surface area contributed by atoms with Crippen molar-refractivity contribution < 1.29 is 19.5 Å². The standard InChI is InChI=1S/C10H10N4O4/c15-8(1-2-9(16)17)14-10(18)12-5-7-3-4-11-6-13-7/h1-4,6H,5H2,(H,16,17)(H2,12,14,15,18)/b2-1+. The Kier molecular flexibility index (Phi) is 4.98. The van der Waals surface area contributed by atoms with Crippen LogP contribution in [0.1, 0.15) is 5.69 Å². The summed E-state index contributed by atoms with van der Waals surface area (Å²) in [7, 11) is 0. The molecule has 0 aliphatic rings. The number of imide groups is 1. The Balaban J connectivity index is 2.34. The van der Waals surface area contributed by atoms with Gasteiger partial charge in [0.15, 0.2) is 0 Å². The Labute approximate surface area is 102 Å². The van der Waals surface area contributed by atoms with Crippen LogP contribution < -0.4 is 10.6 Å². The molecule has 0 saturated heterocycles. The second kappa shape index (κ2) is 6.74. The van der Waals surface area contributed by atoms with Gasteiger partial charge < -0.3 is 10.4 Å². The largest absolute Gasteiger partial charge is 0.478 e. The maximum atomic E-state index is 11.2. The highest BCUT2D eigenvalue weighted by Gasteiger charge is 2.04. The first-order valence-corrected chi connectivity index (χ1v) is 4.82. The fourth-order valence-electron chi connectivity index (χ4n) is 0.938. The molecule has 18 heavy (non-hydrogen) atoms. The lowest BCUT2D eigenvalue weighted by molar-refractivity contribution is -0.131. The highest BCUT2D eigenvalue weighted by molar-refractivity contribution is 6.02. The van der Waals surface area contributed by atoms with Gasteiger partial charge in [0, 0.05) is 18.3 Å². The molecule has 3 N–H and O–H groups in total. The average Bonchev–Trinajstić information content (AvgIpc) is 2.35. The van der Waals surface area contributed by atoms with Crippen LogP contribution in [0.5, 0.6) is 0 Å². The van der Waals surface area contributed by atoms with E-state index in [1.54, 1.807) is 6.07 Å². The summed E-state index contributed by atoms with van der Waals surface area (Å²) in [5, 5.41) is 12.6. The second-order valence-electron chi connectivity index (χ2n) is 3.04. The first kappa shape index (κ1) is 13.3. The van der Waals surface area contributed by atoms with Crippen molar-refractivity contribution in [1.82, 2.24) is 20.6 Å². The molecule has 94 valence electrons. The predicted molar refractivity (Wildman–Crippen MR) is 59.2 cm³/mol. The van der Waals surface area contributed by atoms with E-state index in [0.717, 1.165) is 6.08 Å². The van der Waals surface area contributed by atoms with Gasteiger partial charge in [-0.25, -0.2) is 19.6 Å². The van der Waals surface area contributed by atoms with Crippen LogP contribution in [-0.2, 0) is 16.1 Å². The molecule has 0 spiro atoms. The summed E-state index contributed by atoms with van der Waals surface area (Å²) in [5.41, 5.74) is 0.577. The van der Waals surface area contributed by atoms with E-state index in [4.69, 9.17) is 5.11 Å². The number of rotatable bonds is 4. The molecule has 1 heterocycles. The molecule has 1 rings (SSSR count). The fourth-order valence-corrected chi connectivity index (χ4v) is 0.938. The van der Waals surface area contributed by atoms with Gasteiger partial charge in [-0.2, -0.15) is 0 Å². The van der Waals surface area contributed by atoms with Crippen LogP contribution in [0.4, 0.5) is 4.79 Å². The first-order chi connectivity index (χ1) is 8.58. The molecule has 1 aromatic heterocycles. The van der Waals surface area contributed by atoms with E-state index in [2.05, 4.69) is 15.3 Å². The number of nitrogens with one attached hydrogen (secondary N) is 2. The van der Waals surface area contributed by atoms with E-state index >= 15 is 0 Å². The van der Waals surface area contributed by atoms with Crippen LogP contribution in [0.2, 0.25) is 0 Å². The van der Waals surface area contributed by atoms with Crippen LogP contribution in [-0.4, -0.2) is 33.0 Å². The van der Waals surface area contributed by atoms with Gasteiger partial charge in [-0.3, -0.25) is 10.1 Å². The Morgan fingerprint density at radius 3 is 2.72 bits per heavy atom. The van der Waals surface area contributed by atoms with Crippen LogP contribution >= 0.6 is 0 Å². The highest BCUT2D eigenvalue weighted by Crippen LogP contribution is 1.89. The third kappa shape index (κ3) is 5.35. The molecule has 0 aliphatic carbocycles. The van der Waals surface area contributed by atoms with Gasteiger partial charge in [-0.1, -0.05) is 0 Å². The number of aliphatic carboxylic acids is 1. The lowest BCUT2D eigenvalue weighted by Crippen LogP contribution is -2.38. The molecule has 8 nitrogen and oxygen atoms in total. The van der Waals surface area contributed by atoms with Crippen molar-refractivity contribution in [2.24, 2.45) is 0 Å². The molecule has 0 unspecified atom stereocenters. The van der Waals surface area contributed by atoms with E-state index < -0.39 is 17.9 Å². The number of aromatic nitrogens is 2. The van der Waals surface area contributed by atoms with Crippen molar-refractivity contribution >= 4 is 17.9 Å². The van der Waals surface area contributed by atoms with Crippen molar-refractivity contribution in [3.05, 3.63) is 36.4 Å². The van der Waals surface area contributed by atoms with Gasteiger partial charge in [-0.05, 0) is 6.07 Å². The summed E-state index contributed by atoms with van der Waals surface area (Å²) < 4.78 is 0.